The maximum absolute atomic E-state index is 11.9. The van der Waals surface area contributed by atoms with Crippen molar-refractivity contribution in [1.82, 2.24) is 9.55 Å². The summed E-state index contributed by atoms with van der Waals surface area (Å²) in [5.41, 5.74) is 17.7. The number of nitrogens with two attached hydrogens (primary N) is 1. The molecule has 4 nitrogen and oxygen atoms in total. The van der Waals surface area contributed by atoms with Crippen LogP contribution in [0.3, 0.4) is 0 Å². The second kappa shape index (κ2) is 6.62. The molecule has 1 aliphatic carbocycles. The van der Waals surface area contributed by atoms with Crippen LogP contribution in [0, 0.1) is 34.6 Å². The highest BCUT2D eigenvalue weighted by molar-refractivity contribution is 5.94. The summed E-state index contributed by atoms with van der Waals surface area (Å²) in [7, 11) is 0. The first-order valence-corrected chi connectivity index (χ1v) is 9.86. The molecule has 0 unspecified atom stereocenters. The second-order valence-electron chi connectivity index (χ2n) is 7.98. The van der Waals surface area contributed by atoms with Gasteiger partial charge in [-0.25, -0.2) is 14.3 Å². The van der Waals surface area contributed by atoms with Gasteiger partial charge in [0, 0.05) is 0 Å². The van der Waals surface area contributed by atoms with E-state index in [9.17, 15) is 4.79 Å². The number of nitrogens with zero attached hydrogens (tertiary/aromatic N) is 2. The molecule has 0 aliphatic heterocycles. The summed E-state index contributed by atoms with van der Waals surface area (Å²) in [5, 5.41) is 0. The predicted molar refractivity (Wildman–Crippen MR) is 115 cm³/mol. The first-order valence-electron chi connectivity index (χ1n) is 9.86. The number of aromatic nitrogens is 2. The molecule has 3 aromatic rings. The molecule has 1 amide bonds. The standard InChI is InChI=1S/C24H27N3O/c1-13-6-10-21-18(7-8-19(21)12-13)9-11-20-14(2)15(3)23-22(16(20)4)26-17(5)27(23)24(25)28/h6,9-10,12H,7-8,11H2,1-5H3,(H2,25,28). The monoisotopic (exact) mass is 373 g/mol. The van der Waals surface area contributed by atoms with E-state index >= 15 is 0 Å². The Balaban J connectivity index is 1.80. The maximum Gasteiger partial charge on any atom is 0.324 e. The largest absolute Gasteiger partial charge is 0.351 e. The average molecular weight is 374 g/mol. The van der Waals surface area contributed by atoms with Crippen molar-refractivity contribution >= 4 is 22.6 Å². The Hall–Kier alpha value is -2.88. The third-order valence-corrected chi connectivity index (χ3v) is 6.27. The van der Waals surface area contributed by atoms with Gasteiger partial charge in [0.15, 0.2) is 0 Å². The fraction of sp³-hybridized carbons (Fsp3) is 0.333. The van der Waals surface area contributed by atoms with Gasteiger partial charge in [-0.3, -0.25) is 0 Å². The van der Waals surface area contributed by atoms with E-state index in [1.807, 2.05) is 6.92 Å². The van der Waals surface area contributed by atoms with Crippen LogP contribution in [0.15, 0.2) is 24.3 Å². The lowest BCUT2D eigenvalue weighted by Gasteiger charge is -2.14. The van der Waals surface area contributed by atoms with Gasteiger partial charge in [-0.1, -0.05) is 29.8 Å². The van der Waals surface area contributed by atoms with Crippen LogP contribution in [0.5, 0.6) is 0 Å². The SMILES string of the molecule is Cc1ccc2c(c1)CCC2=CCc1c(C)c(C)c2c(nc(C)n2C(N)=O)c1C. The van der Waals surface area contributed by atoms with Crippen LogP contribution in [-0.2, 0) is 12.8 Å². The lowest BCUT2D eigenvalue weighted by atomic mass is 9.92. The predicted octanol–water partition coefficient (Wildman–Crippen LogP) is 5.08. The number of amides is 1. The Morgan fingerprint density at radius 2 is 1.86 bits per heavy atom. The Kier molecular flexibility index (Phi) is 4.37. The molecule has 0 bridgehead atoms. The number of allylic oxidation sites excluding steroid dienone is 2. The number of carbonyl (C=O) groups is 1. The van der Waals surface area contributed by atoms with Gasteiger partial charge in [-0.2, -0.15) is 0 Å². The van der Waals surface area contributed by atoms with Crippen LogP contribution in [0.2, 0.25) is 0 Å². The maximum atomic E-state index is 11.9. The minimum Gasteiger partial charge on any atom is -0.351 e. The summed E-state index contributed by atoms with van der Waals surface area (Å²) in [4.78, 5) is 16.6. The molecule has 1 aromatic heterocycles. The highest BCUT2D eigenvalue weighted by atomic mass is 16.2. The summed E-state index contributed by atoms with van der Waals surface area (Å²) >= 11 is 0. The molecule has 0 saturated heterocycles. The van der Waals surface area contributed by atoms with E-state index in [4.69, 9.17) is 5.73 Å². The number of aryl methyl sites for hydroxylation is 5. The van der Waals surface area contributed by atoms with E-state index in [1.54, 1.807) is 0 Å². The number of fused-ring (bicyclic) bond motifs is 2. The highest BCUT2D eigenvalue weighted by Gasteiger charge is 2.21. The number of benzene rings is 2. The Bertz CT molecular complexity index is 1160. The number of hydrogen-bond donors (Lipinski definition) is 1. The van der Waals surface area contributed by atoms with Crippen LogP contribution in [0.1, 0.15) is 51.2 Å². The molecule has 1 aliphatic rings. The molecule has 0 radical (unpaired) electrons. The Labute approximate surface area is 166 Å². The van der Waals surface area contributed by atoms with Crippen LogP contribution < -0.4 is 5.73 Å². The zero-order chi connectivity index (χ0) is 20.2. The van der Waals surface area contributed by atoms with Crippen LogP contribution in [0.4, 0.5) is 4.79 Å². The summed E-state index contributed by atoms with van der Waals surface area (Å²) in [5.74, 6) is 0.642. The Morgan fingerprint density at radius 1 is 1.11 bits per heavy atom. The van der Waals surface area contributed by atoms with Crippen molar-refractivity contribution in [2.75, 3.05) is 0 Å². The number of carbonyl (C=O) groups excluding carboxylic acids is 1. The lowest BCUT2D eigenvalue weighted by molar-refractivity contribution is 0.250. The second-order valence-corrected chi connectivity index (χ2v) is 7.98. The summed E-state index contributed by atoms with van der Waals surface area (Å²) < 4.78 is 1.53. The third kappa shape index (κ3) is 2.75. The quantitative estimate of drug-likeness (QED) is 0.681. The molecule has 1 heterocycles. The average Bonchev–Trinajstić information content (AvgIpc) is 3.20. The first kappa shape index (κ1) is 18.5. The lowest BCUT2D eigenvalue weighted by Crippen LogP contribution is -2.21. The molecule has 4 heteroatoms. The molecule has 28 heavy (non-hydrogen) atoms. The molecule has 144 valence electrons. The highest BCUT2D eigenvalue weighted by Crippen LogP contribution is 2.35. The van der Waals surface area contributed by atoms with Crippen molar-refractivity contribution in [2.45, 2.75) is 53.9 Å². The van der Waals surface area contributed by atoms with Gasteiger partial charge in [-0.15, -0.1) is 0 Å². The van der Waals surface area contributed by atoms with E-state index in [0.717, 1.165) is 41.4 Å². The molecule has 0 saturated carbocycles. The third-order valence-electron chi connectivity index (χ3n) is 6.27. The molecule has 4 rings (SSSR count). The molecular formula is C24H27N3O. The normalized spacial score (nSPS) is 14.8. The van der Waals surface area contributed by atoms with E-state index in [0.29, 0.717) is 5.82 Å². The van der Waals surface area contributed by atoms with Gasteiger partial charge < -0.3 is 5.73 Å². The fourth-order valence-corrected chi connectivity index (χ4v) is 4.63. The van der Waals surface area contributed by atoms with E-state index in [2.05, 4.69) is 57.0 Å². The molecular weight excluding hydrogens is 346 g/mol. The van der Waals surface area contributed by atoms with Crippen molar-refractivity contribution in [3.8, 4) is 0 Å². The van der Waals surface area contributed by atoms with Gasteiger partial charge in [0.2, 0.25) is 0 Å². The number of primary amides is 1. The first-order chi connectivity index (χ1) is 13.3. The molecule has 2 N–H and O–H groups in total. The molecule has 2 aromatic carbocycles. The van der Waals surface area contributed by atoms with E-state index < -0.39 is 6.03 Å². The topological polar surface area (TPSA) is 60.9 Å². The summed E-state index contributed by atoms with van der Waals surface area (Å²) in [6, 6.07) is 6.29. The van der Waals surface area contributed by atoms with Gasteiger partial charge in [0.25, 0.3) is 0 Å². The van der Waals surface area contributed by atoms with Crippen LogP contribution >= 0.6 is 0 Å². The summed E-state index contributed by atoms with van der Waals surface area (Å²) in [6.07, 6.45) is 5.48. The van der Waals surface area contributed by atoms with E-state index in [1.165, 1.54) is 38.0 Å². The van der Waals surface area contributed by atoms with Crippen molar-refractivity contribution in [2.24, 2.45) is 5.73 Å². The molecule has 0 fully saturated rings. The van der Waals surface area contributed by atoms with Crippen molar-refractivity contribution in [1.29, 1.82) is 0 Å². The smallest absolute Gasteiger partial charge is 0.324 e. The number of rotatable bonds is 2. The van der Waals surface area contributed by atoms with Gasteiger partial charge in [0.05, 0.1) is 11.0 Å². The Morgan fingerprint density at radius 3 is 2.57 bits per heavy atom. The number of imidazole rings is 1. The van der Waals surface area contributed by atoms with Crippen molar-refractivity contribution < 1.29 is 4.79 Å². The van der Waals surface area contributed by atoms with Gasteiger partial charge in [-0.05, 0) is 92.8 Å². The molecule has 0 atom stereocenters. The van der Waals surface area contributed by atoms with E-state index in [-0.39, 0.29) is 0 Å². The summed E-state index contributed by atoms with van der Waals surface area (Å²) in [6.45, 7) is 10.3. The van der Waals surface area contributed by atoms with Gasteiger partial charge in [0.1, 0.15) is 5.82 Å². The zero-order valence-electron chi connectivity index (χ0n) is 17.3. The van der Waals surface area contributed by atoms with Gasteiger partial charge >= 0.3 is 6.03 Å². The number of hydrogen-bond acceptors (Lipinski definition) is 2. The van der Waals surface area contributed by atoms with Crippen LogP contribution in [-0.4, -0.2) is 15.6 Å². The zero-order valence-corrected chi connectivity index (χ0v) is 17.3. The molecule has 0 spiro atoms. The minimum absolute atomic E-state index is 0.477. The minimum atomic E-state index is -0.477. The van der Waals surface area contributed by atoms with Crippen molar-refractivity contribution in [3.05, 3.63) is 69.0 Å². The van der Waals surface area contributed by atoms with Crippen molar-refractivity contribution in [3.63, 3.8) is 0 Å². The van der Waals surface area contributed by atoms with Crippen LogP contribution in [0.25, 0.3) is 16.6 Å². The fourth-order valence-electron chi connectivity index (χ4n) is 4.63.